The van der Waals surface area contributed by atoms with E-state index in [1.54, 1.807) is 11.8 Å². The quantitative estimate of drug-likeness (QED) is 0.774. The number of thioether (sulfide) groups is 1. The summed E-state index contributed by atoms with van der Waals surface area (Å²) in [5.74, 6) is 0. The third kappa shape index (κ3) is 2.06. The molecule has 82 valence electrons. The van der Waals surface area contributed by atoms with Crippen molar-refractivity contribution in [2.24, 2.45) is 5.73 Å². The van der Waals surface area contributed by atoms with Crippen molar-refractivity contribution in [3.05, 3.63) is 29.3 Å². The second-order valence-corrected chi connectivity index (χ2v) is 5.42. The molecule has 0 spiro atoms. The van der Waals surface area contributed by atoms with E-state index in [2.05, 4.69) is 31.4 Å². The summed E-state index contributed by atoms with van der Waals surface area (Å²) in [5, 5.41) is 0. The largest absolute Gasteiger partial charge is 0.321 e. The number of hydrogen-bond donors (Lipinski definition) is 1. The minimum Gasteiger partial charge on any atom is -0.321 e. The van der Waals surface area contributed by atoms with E-state index in [0.717, 1.165) is 12.8 Å². The maximum absolute atomic E-state index is 6.50. The van der Waals surface area contributed by atoms with E-state index < -0.39 is 0 Å². The summed E-state index contributed by atoms with van der Waals surface area (Å²) in [6.45, 7) is 2.17. The molecule has 1 aliphatic carbocycles. The van der Waals surface area contributed by atoms with Crippen molar-refractivity contribution < 1.29 is 0 Å². The zero-order valence-electron chi connectivity index (χ0n) is 9.55. The van der Waals surface area contributed by atoms with Crippen molar-refractivity contribution in [2.45, 2.75) is 43.0 Å². The number of hydrogen-bond acceptors (Lipinski definition) is 2. The monoisotopic (exact) mass is 221 g/mol. The highest BCUT2D eigenvalue weighted by atomic mass is 32.2. The topological polar surface area (TPSA) is 26.0 Å². The maximum Gasteiger partial charge on any atom is 0.0412 e. The predicted molar refractivity (Wildman–Crippen MR) is 67.3 cm³/mol. The summed E-state index contributed by atoms with van der Waals surface area (Å²) in [6.07, 6.45) is 6.96. The van der Waals surface area contributed by atoms with E-state index in [4.69, 9.17) is 5.73 Å². The Morgan fingerprint density at radius 3 is 2.53 bits per heavy atom. The second-order valence-electron chi connectivity index (χ2n) is 4.54. The number of benzene rings is 1. The Balaban J connectivity index is 2.41. The average molecular weight is 221 g/mol. The molecule has 1 aromatic carbocycles. The van der Waals surface area contributed by atoms with Crippen LogP contribution in [-0.4, -0.2) is 6.26 Å². The molecule has 0 radical (unpaired) electrons. The van der Waals surface area contributed by atoms with Crippen LogP contribution in [0, 0.1) is 6.92 Å². The smallest absolute Gasteiger partial charge is 0.0412 e. The Morgan fingerprint density at radius 1 is 1.27 bits per heavy atom. The van der Waals surface area contributed by atoms with Crippen molar-refractivity contribution in [3.8, 4) is 0 Å². The first-order chi connectivity index (χ1) is 7.15. The Labute approximate surface area is 96.4 Å². The lowest BCUT2D eigenvalue weighted by molar-refractivity contribution is 0.458. The molecule has 0 aromatic heterocycles. The third-order valence-electron chi connectivity index (χ3n) is 3.48. The van der Waals surface area contributed by atoms with Gasteiger partial charge in [-0.1, -0.05) is 18.9 Å². The minimum atomic E-state index is -0.0458. The first kappa shape index (κ1) is 11.0. The molecule has 0 aliphatic heterocycles. The van der Waals surface area contributed by atoms with Crippen LogP contribution in [0.1, 0.15) is 36.8 Å². The Kier molecular flexibility index (Phi) is 3.08. The molecule has 1 aliphatic rings. The van der Waals surface area contributed by atoms with Crippen molar-refractivity contribution in [1.82, 2.24) is 0 Å². The standard InChI is InChI=1S/C13H19NS/c1-10-5-6-11(15-2)9-12(10)13(14)7-3-4-8-13/h5-6,9H,3-4,7-8,14H2,1-2H3. The highest BCUT2D eigenvalue weighted by Crippen LogP contribution is 2.38. The molecular weight excluding hydrogens is 202 g/mol. The van der Waals surface area contributed by atoms with Crippen LogP contribution >= 0.6 is 11.8 Å². The molecular formula is C13H19NS. The number of nitrogens with two attached hydrogens (primary N) is 1. The Morgan fingerprint density at radius 2 is 1.93 bits per heavy atom. The molecule has 0 unspecified atom stereocenters. The van der Waals surface area contributed by atoms with Gasteiger partial charge < -0.3 is 5.73 Å². The molecule has 0 amide bonds. The van der Waals surface area contributed by atoms with Crippen LogP contribution in [0.4, 0.5) is 0 Å². The van der Waals surface area contributed by atoms with Gasteiger partial charge >= 0.3 is 0 Å². The van der Waals surface area contributed by atoms with Gasteiger partial charge in [0.2, 0.25) is 0 Å². The molecule has 2 rings (SSSR count). The van der Waals surface area contributed by atoms with Crippen molar-refractivity contribution in [1.29, 1.82) is 0 Å². The minimum absolute atomic E-state index is 0.0458. The van der Waals surface area contributed by atoms with Gasteiger partial charge in [0, 0.05) is 10.4 Å². The summed E-state index contributed by atoms with van der Waals surface area (Å²) < 4.78 is 0. The van der Waals surface area contributed by atoms with Crippen molar-refractivity contribution >= 4 is 11.8 Å². The van der Waals surface area contributed by atoms with E-state index in [9.17, 15) is 0 Å². The van der Waals surface area contributed by atoms with E-state index in [-0.39, 0.29) is 5.54 Å². The van der Waals surface area contributed by atoms with Gasteiger partial charge in [-0.3, -0.25) is 0 Å². The molecule has 0 saturated heterocycles. The fourth-order valence-electron chi connectivity index (χ4n) is 2.54. The summed E-state index contributed by atoms with van der Waals surface area (Å²) in [5.41, 5.74) is 9.16. The van der Waals surface area contributed by atoms with E-state index >= 15 is 0 Å². The molecule has 2 N–H and O–H groups in total. The lowest BCUT2D eigenvalue weighted by Crippen LogP contribution is -2.33. The second kappa shape index (κ2) is 4.18. The lowest BCUT2D eigenvalue weighted by Gasteiger charge is -2.26. The zero-order chi connectivity index (χ0) is 10.9. The summed E-state index contributed by atoms with van der Waals surface area (Å²) in [6, 6.07) is 6.67. The fourth-order valence-corrected chi connectivity index (χ4v) is 2.98. The van der Waals surface area contributed by atoms with Gasteiger partial charge in [0.25, 0.3) is 0 Å². The number of rotatable bonds is 2. The van der Waals surface area contributed by atoms with Gasteiger partial charge in [-0.05, 0) is 49.3 Å². The van der Waals surface area contributed by atoms with Crippen molar-refractivity contribution in [3.63, 3.8) is 0 Å². The highest BCUT2D eigenvalue weighted by Gasteiger charge is 2.32. The first-order valence-electron chi connectivity index (χ1n) is 5.60. The molecule has 1 fully saturated rings. The SMILES string of the molecule is CSc1ccc(C)c(C2(N)CCCC2)c1. The molecule has 1 saturated carbocycles. The van der Waals surface area contributed by atoms with Crippen LogP contribution < -0.4 is 5.73 Å². The van der Waals surface area contributed by atoms with Crippen LogP contribution in [0.15, 0.2) is 23.1 Å². The summed E-state index contributed by atoms with van der Waals surface area (Å²) in [4.78, 5) is 1.33. The van der Waals surface area contributed by atoms with Gasteiger partial charge in [0.05, 0.1) is 0 Å². The van der Waals surface area contributed by atoms with Gasteiger partial charge in [0.1, 0.15) is 0 Å². The fraction of sp³-hybridized carbons (Fsp3) is 0.538. The lowest BCUT2D eigenvalue weighted by atomic mass is 9.86. The maximum atomic E-state index is 6.50. The van der Waals surface area contributed by atoms with E-state index in [0.29, 0.717) is 0 Å². The molecule has 15 heavy (non-hydrogen) atoms. The van der Waals surface area contributed by atoms with Gasteiger partial charge in [0.15, 0.2) is 0 Å². The normalized spacial score (nSPS) is 19.4. The van der Waals surface area contributed by atoms with Gasteiger partial charge in [-0.2, -0.15) is 0 Å². The summed E-state index contributed by atoms with van der Waals surface area (Å²) >= 11 is 1.79. The third-order valence-corrected chi connectivity index (χ3v) is 4.20. The molecule has 1 nitrogen and oxygen atoms in total. The van der Waals surface area contributed by atoms with Crippen LogP contribution in [0.25, 0.3) is 0 Å². The van der Waals surface area contributed by atoms with Crippen LogP contribution in [0.2, 0.25) is 0 Å². The van der Waals surface area contributed by atoms with Crippen molar-refractivity contribution in [2.75, 3.05) is 6.26 Å². The molecule has 2 heteroatoms. The van der Waals surface area contributed by atoms with Crippen LogP contribution in [0.5, 0.6) is 0 Å². The average Bonchev–Trinajstić information content (AvgIpc) is 2.67. The first-order valence-corrected chi connectivity index (χ1v) is 6.82. The van der Waals surface area contributed by atoms with E-state index in [1.165, 1.54) is 28.9 Å². The molecule has 0 bridgehead atoms. The Hall–Kier alpha value is -0.470. The molecule has 0 atom stereocenters. The van der Waals surface area contributed by atoms with Gasteiger partial charge in [-0.15, -0.1) is 11.8 Å². The Bertz CT molecular complexity index is 354. The van der Waals surface area contributed by atoms with Crippen LogP contribution in [-0.2, 0) is 5.54 Å². The van der Waals surface area contributed by atoms with Gasteiger partial charge in [-0.25, -0.2) is 0 Å². The highest BCUT2D eigenvalue weighted by molar-refractivity contribution is 7.98. The molecule has 0 heterocycles. The number of aryl methyl sites for hydroxylation is 1. The van der Waals surface area contributed by atoms with E-state index in [1.807, 2.05) is 0 Å². The van der Waals surface area contributed by atoms with Crippen LogP contribution in [0.3, 0.4) is 0 Å². The predicted octanol–water partition coefficient (Wildman–Crippen LogP) is 3.44. The zero-order valence-corrected chi connectivity index (χ0v) is 10.4. The summed E-state index contributed by atoms with van der Waals surface area (Å²) in [7, 11) is 0. The molecule has 1 aromatic rings.